The lowest BCUT2D eigenvalue weighted by Crippen LogP contribution is -1.81. The average molecular weight is 319 g/mol. The number of aromatic nitrogens is 2. The molecule has 6 heteroatoms. The molecule has 0 atom stereocenters. The molecule has 0 spiro atoms. The molecule has 0 radical (unpaired) electrons. The number of nitriles is 1. The van der Waals surface area contributed by atoms with E-state index in [4.69, 9.17) is 5.26 Å². The molecule has 0 fully saturated rings. The van der Waals surface area contributed by atoms with Crippen LogP contribution in [0.1, 0.15) is 18.1 Å². The van der Waals surface area contributed by atoms with E-state index in [2.05, 4.69) is 22.8 Å². The van der Waals surface area contributed by atoms with Crippen molar-refractivity contribution < 1.29 is 0 Å². The number of thioether (sulfide) groups is 2. The lowest BCUT2D eigenvalue weighted by atomic mass is 10.2. The van der Waals surface area contributed by atoms with Crippen LogP contribution in [0.5, 0.6) is 0 Å². The summed E-state index contributed by atoms with van der Waals surface area (Å²) >= 11 is 4.95. The SMILES string of the molecule is C=C(C)CSc1nnc(SCc2ccc(C#N)cc2)s1. The Labute approximate surface area is 131 Å². The fourth-order valence-electron chi connectivity index (χ4n) is 1.32. The van der Waals surface area contributed by atoms with Gasteiger partial charge in [0.25, 0.3) is 0 Å². The molecular weight excluding hydrogens is 306 g/mol. The minimum atomic E-state index is 0.688. The van der Waals surface area contributed by atoms with Crippen LogP contribution in [0.3, 0.4) is 0 Å². The molecule has 0 aliphatic heterocycles. The lowest BCUT2D eigenvalue weighted by Gasteiger charge is -1.98. The van der Waals surface area contributed by atoms with Gasteiger partial charge in [0.2, 0.25) is 0 Å². The van der Waals surface area contributed by atoms with Gasteiger partial charge in [0.05, 0.1) is 11.6 Å². The Morgan fingerprint density at radius 2 is 1.90 bits per heavy atom. The standard InChI is InChI=1S/C14H13N3S3/c1-10(2)8-18-13-16-17-14(20-13)19-9-12-5-3-11(7-15)4-6-12/h3-6H,1,8-9H2,2H3. The van der Waals surface area contributed by atoms with E-state index < -0.39 is 0 Å². The summed E-state index contributed by atoms with van der Waals surface area (Å²) in [7, 11) is 0. The summed E-state index contributed by atoms with van der Waals surface area (Å²) in [5.41, 5.74) is 3.01. The summed E-state index contributed by atoms with van der Waals surface area (Å²) in [6, 6.07) is 9.74. The maximum atomic E-state index is 8.75. The van der Waals surface area contributed by atoms with E-state index in [0.717, 1.165) is 25.8 Å². The molecule has 0 unspecified atom stereocenters. The van der Waals surface area contributed by atoms with E-state index in [9.17, 15) is 0 Å². The molecule has 2 rings (SSSR count). The van der Waals surface area contributed by atoms with Gasteiger partial charge in [0.1, 0.15) is 0 Å². The quantitative estimate of drug-likeness (QED) is 0.584. The molecule has 3 nitrogen and oxygen atoms in total. The van der Waals surface area contributed by atoms with Gasteiger partial charge in [-0.3, -0.25) is 0 Å². The fraction of sp³-hybridized carbons (Fsp3) is 0.214. The molecule has 1 aromatic heterocycles. The van der Waals surface area contributed by atoms with Crippen LogP contribution < -0.4 is 0 Å². The number of hydrogen-bond donors (Lipinski definition) is 0. The van der Waals surface area contributed by atoms with Gasteiger partial charge in [-0.15, -0.1) is 10.2 Å². The van der Waals surface area contributed by atoms with Crippen molar-refractivity contribution in [1.29, 1.82) is 5.26 Å². The Balaban J connectivity index is 1.87. The van der Waals surface area contributed by atoms with E-state index in [-0.39, 0.29) is 0 Å². The molecule has 0 N–H and O–H groups in total. The second-order valence-electron chi connectivity index (χ2n) is 4.18. The second kappa shape index (κ2) is 7.48. The minimum Gasteiger partial charge on any atom is -0.192 e. The molecule has 20 heavy (non-hydrogen) atoms. The first kappa shape index (κ1) is 15.1. The molecule has 0 saturated carbocycles. The zero-order valence-corrected chi connectivity index (χ0v) is 13.4. The summed E-state index contributed by atoms with van der Waals surface area (Å²) in [6.45, 7) is 5.88. The van der Waals surface area contributed by atoms with E-state index in [1.807, 2.05) is 31.2 Å². The summed E-state index contributed by atoms with van der Waals surface area (Å²) in [6.07, 6.45) is 0. The molecular formula is C14H13N3S3. The predicted molar refractivity (Wildman–Crippen MR) is 86.2 cm³/mol. The largest absolute Gasteiger partial charge is 0.192 e. The molecule has 0 bridgehead atoms. The van der Waals surface area contributed by atoms with E-state index in [0.29, 0.717) is 5.56 Å². The van der Waals surface area contributed by atoms with Gasteiger partial charge in [-0.1, -0.05) is 59.1 Å². The van der Waals surface area contributed by atoms with Crippen LogP contribution in [0.4, 0.5) is 0 Å². The average Bonchev–Trinajstić information content (AvgIpc) is 2.91. The van der Waals surface area contributed by atoms with Crippen molar-refractivity contribution in [3.8, 4) is 6.07 Å². The highest BCUT2D eigenvalue weighted by molar-refractivity contribution is 8.03. The summed E-state index contributed by atoms with van der Waals surface area (Å²) in [4.78, 5) is 0. The first-order chi connectivity index (χ1) is 9.67. The van der Waals surface area contributed by atoms with Crippen molar-refractivity contribution in [1.82, 2.24) is 10.2 Å². The number of benzene rings is 1. The molecule has 1 aromatic carbocycles. The van der Waals surface area contributed by atoms with Crippen LogP contribution in [0, 0.1) is 11.3 Å². The highest BCUT2D eigenvalue weighted by Gasteiger charge is 2.06. The topological polar surface area (TPSA) is 49.6 Å². The Hall–Kier alpha value is -1.29. The third kappa shape index (κ3) is 4.67. The Kier molecular flexibility index (Phi) is 5.65. The number of hydrogen-bond acceptors (Lipinski definition) is 6. The highest BCUT2D eigenvalue weighted by atomic mass is 32.2. The predicted octanol–water partition coefficient (Wildman–Crippen LogP) is 4.37. The highest BCUT2D eigenvalue weighted by Crippen LogP contribution is 2.31. The number of rotatable bonds is 6. The molecule has 102 valence electrons. The minimum absolute atomic E-state index is 0.688. The Morgan fingerprint density at radius 3 is 2.50 bits per heavy atom. The lowest BCUT2D eigenvalue weighted by molar-refractivity contribution is 0.955. The van der Waals surface area contributed by atoms with Crippen LogP contribution in [0.15, 0.2) is 45.1 Å². The first-order valence-corrected chi connectivity index (χ1v) is 8.68. The Bertz CT molecular complexity index is 626. The summed E-state index contributed by atoms with van der Waals surface area (Å²) in [5.74, 6) is 1.72. The van der Waals surface area contributed by atoms with Gasteiger partial charge in [-0.2, -0.15) is 5.26 Å². The van der Waals surface area contributed by atoms with Crippen LogP contribution >= 0.6 is 34.9 Å². The van der Waals surface area contributed by atoms with Crippen molar-refractivity contribution in [2.45, 2.75) is 21.4 Å². The van der Waals surface area contributed by atoms with Crippen LogP contribution in [0.25, 0.3) is 0 Å². The normalized spacial score (nSPS) is 10.2. The van der Waals surface area contributed by atoms with Gasteiger partial charge in [-0.05, 0) is 24.6 Å². The first-order valence-electron chi connectivity index (χ1n) is 5.90. The van der Waals surface area contributed by atoms with E-state index in [1.165, 1.54) is 5.56 Å². The van der Waals surface area contributed by atoms with E-state index >= 15 is 0 Å². The second-order valence-corrected chi connectivity index (χ2v) is 7.60. The van der Waals surface area contributed by atoms with Crippen molar-refractivity contribution in [2.24, 2.45) is 0 Å². The molecule has 2 aromatic rings. The molecule has 0 aliphatic rings. The van der Waals surface area contributed by atoms with Gasteiger partial charge in [0.15, 0.2) is 8.68 Å². The third-order valence-electron chi connectivity index (χ3n) is 2.28. The van der Waals surface area contributed by atoms with Crippen LogP contribution in [-0.2, 0) is 5.75 Å². The van der Waals surface area contributed by atoms with Crippen LogP contribution in [0.2, 0.25) is 0 Å². The number of nitrogens with zero attached hydrogens (tertiary/aromatic N) is 3. The fourth-order valence-corrected chi connectivity index (χ4v) is 4.14. The zero-order valence-electron chi connectivity index (χ0n) is 11.0. The van der Waals surface area contributed by atoms with Crippen molar-refractivity contribution in [2.75, 3.05) is 5.75 Å². The van der Waals surface area contributed by atoms with Crippen molar-refractivity contribution >= 4 is 34.9 Å². The smallest absolute Gasteiger partial charge is 0.175 e. The molecule has 1 heterocycles. The maximum Gasteiger partial charge on any atom is 0.175 e. The molecule has 0 amide bonds. The van der Waals surface area contributed by atoms with Crippen molar-refractivity contribution in [3.63, 3.8) is 0 Å². The van der Waals surface area contributed by atoms with E-state index in [1.54, 1.807) is 34.9 Å². The van der Waals surface area contributed by atoms with Gasteiger partial charge < -0.3 is 0 Å². The molecule has 0 saturated heterocycles. The third-order valence-corrected chi connectivity index (χ3v) is 5.77. The van der Waals surface area contributed by atoms with Crippen molar-refractivity contribution in [3.05, 3.63) is 47.5 Å². The zero-order chi connectivity index (χ0) is 14.4. The maximum absolute atomic E-state index is 8.75. The Morgan fingerprint density at radius 1 is 1.25 bits per heavy atom. The molecule has 0 aliphatic carbocycles. The van der Waals surface area contributed by atoms with Gasteiger partial charge in [-0.25, -0.2) is 0 Å². The van der Waals surface area contributed by atoms with Crippen LogP contribution in [-0.4, -0.2) is 16.0 Å². The summed E-state index contributed by atoms with van der Waals surface area (Å²) < 4.78 is 1.95. The van der Waals surface area contributed by atoms with Gasteiger partial charge >= 0.3 is 0 Å². The monoisotopic (exact) mass is 319 g/mol. The summed E-state index contributed by atoms with van der Waals surface area (Å²) in [5, 5.41) is 17.1. The van der Waals surface area contributed by atoms with Gasteiger partial charge in [0, 0.05) is 11.5 Å².